The van der Waals surface area contributed by atoms with E-state index in [0.717, 1.165) is 21.8 Å². The van der Waals surface area contributed by atoms with Crippen LogP contribution in [0, 0.1) is 5.92 Å². The maximum Gasteiger partial charge on any atom is 0.233 e. The third-order valence-corrected chi connectivity index (χ3v) is 4.97. The maximum atomic E-state index is 12.2. The van der Waals surface area contributed by atoms with Crippen LogP contribution in [0.4, 0.5) is 0 Å². The van der Waals surface area contributed by atoms with Crippen LogP contribution >= 0.6 is 11.8 Å². The van der Waals surface area contributed by atoms with E-state index in [1.165, 1.54) is 24.6 Å². The molecule has 1 amide bonds. The first-order chi connectivity index (χ1) is 11.0. The zero-order valence-corrected chi connectivity index (χ0v) is 14.7. The monoisotopic (exact) mass is 329 g/mol. The van der Waals surface area contributed by atoms with E-state index in [9.17, 15) is 4.79 Å². The molecule has 122 valence electrons. The average Bonchev–Trinajstić information content (AvgIpc) is 3.37. The molecule has 1 aliphatic rings. The van der Waals surface area contributed by atoms with Crippen molar-refractivity contribution in [1.29, 1.82) is 0 Å². The van der Waals surface area contributed by atoms with Crippen molar-refractivity contribution in [3.8, 4) is 0 Å². The summed E-state index contributed by atoms with van der Waals surface area (Å²) < 4.78 is 0. The van der Waals surface area contributed by atoms with Crippen LogP contribution in [0.15, 0.2) is 29.3 Å². The topological polar surface area (TPSA) is 54.9 Å². The third-order valence-electron chi connectivity index (χ3n) is 3.87. The first kappa shape index (κ1) is 16.2. The van der Waals surface area contributed by atoms with Gasteiger partial charge in [-0.1, -0.05) is 43.8 Å². The summed E-state index contributed by atoms with van der Waals surface area (Å²) in [6, 6.07) is 8.05. The summed E-state index contributed by atoms with van der Waals surface area (Å²) in [7, 11) is 0. The minimum atomic E-state index is -0.167. The van der Waals surface area contributed by atoms with Crippen LogP contribution in [0.2, 0.25) is 0 Å². The molecule has 4 nitrogen and oxygen atoms in total. The van der Waals surface area contributed by atoms with Gasteiger partial charge in [-0.2, -0.15) is 0 Å². The summed E-state index contributed by atoms with van der Waals surface area (Å²) in [4.78, 5) is 21.7. The summed E-state index contributed by atoms with van der Waals surface area (Å²) in [6.07, 6.45) is 2.35. The smallest absolute Gasteiger partial charge is 0.233 e. The van der Waals surface area contributed by atoms with Crippen LogP contribution in [0.1, 0.15) is 45.4 Å². The Bertz CT molecular complexity index is 712. The molecule has 1 saturated carbocycles. The number of rotatable bonds is 6. The number of thioether (sulfide) groups is 1. The van der Waals surface area contributed by atoms with Crippen molar-refractivity contribution in [3.05, 3.63) is 30.1 Å². The van der Waals surface area contributed by atoms with E-state index in [1.807, 2.05) is 31.2 Å². The molecule has 3 rings (SSSR count). The second kappa shape index (κ2) is 6.87. The van der Waals surface area contributed by atoms with Gasteiger partial charge in [-0.3, -0.25) is 4.79 Å². The van der Waals surface area contributed by atoms with E-state index in [-0.39, 0.29) is 11.2 Å². The van der Waals surface area contributed by atoms with Gasteiger partial charge >= 0.3 is 0 Å². The number of para-hydroxylation sites is 1. The van der Waals surface area contributed by atoms with Crippen molar-refractivity contribution >= 4 is 28.6 Å². The molecule has 1 aromatic carbocycles. The number of nitrogens with one attached hydrogen (secondary N) is 1. The van der Waals surface area contributed by atoms with Gasteiger partial charge in [0.1, 0.15) is 10.9 Å². The van der Waals surface area contributed by atoms with E-state index in [1.54, 1.807) is 0 Å². The Balaban J connectivity index is 1.82. The number of carbonyl (C=O) groups is 1. The van der Waals surface area contributed by atoms with Crippen molar-refractivity contribution < 1.29 is 4.79 Å². The largest absolute Gasteiger partial charge is 0.355 e. The molecule has 2 aromatic rings. The molecule has 0 aliphatic heterocycles. The minimum absolute atomic E-state index is 0.0689. The highest BCUT2D eigenvalue weighted by Gasteiger charge is 2.28. The lowest BCUT2D eigenvalue weighted by Gasteiger charge is -2.14. The number of aromatic nitrogens is 2. The molecule has 0 saturated heterocycles. The highest BCUT2D eigenvalue weighted by Crippen LogP contribution is 2.40. The Labute approximate surface area is 141 Å². The zero-order chi connectivity index (χ0) is 16.4. The van der Waals surface area contributed by atoms with Gasteiger partial charge in [0, 0.05) is 17.8 Å². The molecule has 1 aromatic heterocycles. The van der Waals surface area contributed by atoms with Crippen molar-refractivity contribution in [2.75, 3.05) is 6.54 Å². The Morgan fingerprint density at radius 3 is 2.70 bits per heavy atom. The lowest BCUT2D eigenvalue weighted by molar-refractivity contribution is -0.120. The molecule has 0 bridgehead atoms. The van der Waals surface area contributed by atoms with Crippen molar-refractivity contribution in [1.82, 2.24) is 15.3 Å². The van der Waals surface area contributed by atoms with Gasteiger partial charge in [-0.25, -0.2) is 9.97 Å². The van der Waals surface area contributed by atoms with Crippen molar-refractivity contribution in [3.63, 3.8) is 0 Å². The fourth-order valence-electron chi connectivity index (χ4n) is 2.35. The SMILES string of the molecule is CC(C)CNC(=O)[C@H](C)Sc1nc(C2CC2)nc2ccccc12. The fourth-order valence-corrected chi connectivity index (χ4v) is 3.32. The van der Waals surface area contributed by atoms with Crippen molar-refractivity contribution in [2.24, 2.45) is 5.92 Å². The molecule has 1 heterocycles. The maximum absolute atomic E-state index is 12.2. The van der Waals surface area contributed by atoms with Gasteiger partial charge in [0.05, 0.1) is 10.8 Å². The molecule has 1 atom stereocenters. The Kier molecular flexibility index (Phi) is 4.85. The van der Waals surface area contributed by atoms with E-state index >= 15 is 0 Å². The molecule has 23 heavy (non-hydrogen) atoms. The van der Waals surface area contributed by atoms with Gasteiger partial charge in [0.2, 0.25) is 5.91 Å². The fraction of sp³-hybridized carbons (Fsp3) is 0.500. The molecule has 0 spiro atoms. The van der Waals surface area contributed by atoms with Crippen LogP contribution < -0.4 is 5.32 Å². The Morgan fingerprint density at radius 2 is 2.00 bits per heavy atom. The second-order valence-electron chi connectivity index (χ2n) is 6.58. The molecule has 5 heteroatoms. The van der Waals surface area contributed by atoms with Crippen molar-refractivity contribution in [2.45, 2.75) is 49.8 Å². The van der Waals surface area contributed by atoms with Gasteiger partial charge in [-0.15, -0.1) is 0 Å². The van der Waals surface area contributed by atoms with Crippen LogP contribution in [-0.4, -0.2) is 27.7 Å². The third kappa shape index (κ3) is 4.02. The van der Waals surface area contributed by atoms with Crippen LogP contribution in [0.5, 0.6) is 0 Å². The van der Waals surface area contributed by atoms with Gasteiger partial charge in [0.15, 0.2) is 0 Å². The number of nitrogens with zero attached hydrogens (tertiary/aromatic N) is 2. The molecular weight excluding hydrogens is 306 g/mol. The lowest BCUT2D eigenvalue weighted by atomic mass is 10.2. The molecule has 0 radical (unpaired) electrons. The Morgan fingerprint density at radius 1 is 1.26 bits per heavy atom. The number of hydrogen-bond acceptors (Lipinski definition) is 4. The summed E-state index contributed by atoms with van der Waals surface area (Å²) in [5, 5.41) is 4.78. The first-order valence-electron chi connectivity index (χ1n) is 8.25. The highest BCUT2D eigenvalue weighted by molar-refractivity contribution is 8.00. The van der Waals surface area contributed by atoms with E-state index in [4.69, 9.17) is 4.98 Å². The normalized spacial score (nSPS) is 15.8. The standard InChI is InChI=1S/C18H23N3OS/c1-11(2)10-19-17(22)12(3)23-18-14-6-4-5-7-15(14)20-16(21-18)13-8-9-13/h4-7,11-13H,8-10H2,1-3H3,(H,19,22)/t12-/m0/s1. The number of carbonyl (C=O) groups excluding carboxylic acids is 1. The number of benzene rings is 1. The molecule has 1 aliphatic carbocycles. The van der Waals surface area contributed by atoms with Crippen LogP contribution in [0.25, 0.3) is 10.9 Å². The van der Waals surface area contributed by atoms with Gasteiger partial charge in [-0.05, 0) is 31.7 Å². The summed E-state index contributed by atoms with van der Waals surface area (Å²) in [6.45, 7) is 6.84. The van der Waals surface area contributed by atoms with E-state index in [2.05, 4.69) is 24.1 Å². The molecule has 1 fully saturated rings. The Hall–Kier alpha value is -1.62. The lowest BCUT2D eigenvalue weighted by Crippen LogP contribution is -2.33. The van der Waals surface area contributed by atoms with Crippen LogP contribution in [0.3, 0.4) is 0 Å². The minimum Gasteiger partial charge on any atom is -0.355 e. The summed E-state index contributed by atoms with van der Waals surface area (Å²) in [5.41, 5.74) is 0.974. The number of amides is 1. The number of fused-ring (bicyclic) bond motifs is 1. The van der Waals surface area contributed by atoms with Gasteiger partial charge < -0.3 is 5.32 Å². The molecule has 0 unspecified atom stereocenters. The first-order valence-corrected chi connectivity index (χ1v) is 9.13. The predicted octanol–water partition coefficient (Wildman–Crippen LogP) is 3.76. The average molecular weight is 329 g/mol. The van der Waals surface area contributed by atoms with Crippen LogP contribution in [-0.2, 0) is 4.79 Å². The molecular formula is C18H23N3OS. The summed E-state index contributed by atoms with van der Waals surface area (Å²) in [5.74, 6) is 1.96. The second-order valence-corrected chi connectivity index (χ2v) is 7.91. The van der Waals surface area contributed by atoms with Gasteiger partial charge in [0.25, 0.3) is 0 Å². The zero-order valence-electron chi connectivity index (χ0n) is 13.9. The van der Waals surface area contributed by atoms with E-state index < -0.39 is 0 Å². The predicted molar refractivity (Wildman–Crippen MR) is 94.7 cm³/mol. The quantitative estimate of drug-likeness (QED) is 0.647. The van der Waals surface area contributed by atoms with E-state index in [0.29, 0.717) is 18.4 Å². The summed E-state index contributed by atoms with van der Waals surface area (Å²) >= 11 is 1.53. The number of hydrogen-bond donors (Lipinski definition) is 1. The molecule has 1 N–H and O–H groups in total. The highest BCUT2D eigenvalue weighted by atomic mass is 32.2.